The van der Waals surface area contributed by atoms with Crippen molar-refractivity contribution >= 4 is 22.3 Å². The van der Waals surface area contributed by atoms with Gasteiger partial charge in [-0.05, 0) is 39.7 Å². The summed E-state index contributed by atoms with van der Waals surface area (Å²) >= 11 is 0. The van der Waals surface area contributed by atoms with Crippen LogP contribution in [0.25, 0.3) is 10.8 Å². The van der Waals surface area contributed by atoms with Crippen LogP contribution in [-0.4, -0.2) is 24.1 Å². The third-order valence-electron chi connectivity index (χ3n) is 4.37. The van der Waals surface area contributed by atoms with Crippen LogP contribution < -0.4 is 10.2 Å². The molecule has 1 N–H and O–H groups in total. The Kier molecular flexibility index (Phi) is 4.51. The van der Waals surface area contributed by atoms with Crippen molar-refractivity contribution in [2.24, 2.45) is 0 Å². The highest BCUT2D eigenvalue weighted by atomic mass is 15.2. The molecule has 0 radical (unpaired) electrons. The van der Waals surface area contributed by atoms with Crippen LogP contribution in [-0.2, 0) is 0 Å². The van der Waals surface area contributed by atoms with Crippen LogP contribution in [0.15, 0.2) is 24.4 Å². The molecule has 0 saturated carbocycles. The lowest BCUT2D eigenvalue weighted by Gasteiger charge is -2.24. The molecule has 1 fully saturated rings. The Labute approximate surface area is 133 Å². The van der Waals surface area contributed by atoms with E-state index in [4.69, 9.17) is 4.98 Å². The first-order chi connectivity index (χ1) is 10.6. The minimum absolute atomic E-state index is 0.412. The predicted octanol–water partition coefficient (Wildman–Crippen LogP) is 4.74. The number of hydrogen-bond acceptors (Lipinski definition) is 3. The number of aryl methyl sites for hydroxylation is 1. The quantitative estimate of drug-likeness (QED) is 0.886. The summed E-state index contributed by atoms with van der Waals surface area (Å²) in [5.41, 5.74) is 2.44. The fourth-order valence-electron chi connectivity index (χ4n) is 3.30. The average molecular weight is 297 g/mol. The zero-order valence-corrected chi connectivity index (χ0v) is 14.0. The van der Waals surface area contributed by atoms with E-state index < -0.39 is 0 Å². The van der Waals surface area contributed by atoms with Gasteiger partial charge in [0.05, 0.1) is 11.9 Å². The molecule has 0 amide bonds. The van der Waals surface area contributed by atoms with E-state index in [0.717, 1.165) is 24.6 Å². The molecule has 1 aromatic carbocycles. The molecule has 1 aromatic heterocycles. The van der Waals surface area contributed by atoms with E-state index >= 15 is 0 Å². The molecular weight excluding hydrogens is 270 g/mol. The van der Waals surface area contributed by atoms with Gasteiger partial charge in [-0.1, -0.05) is 30.5 Å². The minimum atomic E-state index is 0.412. The van der Waals surface area contributed by atoms with Gasteiger partial charge >= 0.3 is 0 Å². The van der Waals surface area contributed by atoms with Gasteiger partial charge in [0, 0.05) is 29.9 Å². The Morgan fingerprint density at radius 3 is 2.45 bits per heavy atom. The lowest BCUT2D eigenvalue weighted by Crippen LogP contribution is -2.25. The van der Waals surface area contributed by atoms with Crippen LogP contribution in [0.4, 0.5) is 11.5 Å². The fraction of sp³-hybridized carbons (Fsp3) is 0.526. The van der Waals surface area contributed by atoms with Crippen molar-refractivity contribution in [3.63, 3.8) is 0 Å². The third kappa shape index (κ3) is 3.18. The van der Waals surface area contributed by atoms with E-state index in [1.54, 1.807) is 0 Å². The molecule has 0 atom stereocenters. The lowest BCUT2D eigenvalue weighted by molar-refractivity contribution is 0.726. The third-order valence-corrected chi connectivity index (χ3v) is 4.37. The topological polar surface area (TPSA) is 28.2 Å². The highest BCUT2D eigenvalue weighted by molar-refractivity contribution is 6.00. The molecular formula is C19H27N3. The second-order valence-electron chi connectivity index (χ2n) is 6.74. The van der Waals surface area contributed by atoms with Crippen LogP contribution in [0.5, 0.6) is 0 Å². The fourth-order valence-corrected chi connectivity index (χ4v) is 3.30. The number of nitrogens with one attached hydrogen (secondary N) is 1. The molecule has 0 aliphatic carbocycles. The number of anilines is 2. The number of aromatic nitrogens is 1. The number of nitrogens with zero attached hydrogens (tertiary/aromatic N) is 2. The van der Waals surface area contributed by atoms with Crippen molar-refractivity contribution in [1.29, 1.82) is 0 Å². The smallest absolute Gasteiger partial charge is 0.136 e. The van der Waals surface area contributed by atoms with Crippen LogP contribution in [0.2, 0.25) is 0 Å². The van der Waals surface area contributed by atoms with Gasteiger partial charge in [-0.2, -0.15) is 0 Å². The largest absolute Gasteiger partial charge is 0.381 e. The summed E-state index contributed by atoms with van der Waals surface area (Å²) in [7, 11) is 0. The monoisotopic (exact) mass is 297 g/mol. The van der Waals surface area contributed by atoms with E-state index in [0.29, 0.717) is 6.04 Å². The summed E-state index contributed by atoms with van der Waals surface area (Å²) < 4.78 is 0. The van der Waals surface area contributed by atoms with Crippen molar-refractivity contribution in [2.45, 2.75) is 52.5 Å². The van der Waals surface area contributed by atoms with Crippen molar-refractivity contribution in [2.75, 3.05) is 23.3 Å². The summed E-state index contributed by atoms with van der Waals surface area (Å²) in [5, 5.41) is 6.11. The first-order valence-electron chi connectivity index (χ1n) is 8.56. The Morgan fingerprint density at radius 2 is 1.77 bits per heavy atom. The maximum Gasteiger partial charge on any atom is 0.136 e. The lowest BCUT2D eigenvalue weighted by atomic mass is 10.1. The van der Waals surface area contributed by atoms with Gasteiger partial charge in [-0.3, -0.25) is 0 Å². The first-order valence-corrected chi connectivity index (χ1v) is 8.56. The predicted molar refractivity (Wildman–Crippen MR) is 95.9 cm³/mol. The number of fused-ring (bicyclic) bond motifs is 1. The molecule has 3 heteroatoms. The van der Waals surface area contributed by atoms with Gasteiger partial charge in [-0.25, -0.2) is 4.98 Å². The second kappa shape index (κ2) is 6.55. The van der Waals surface area contributed by atoms with Gasteiger partial charge in [0.1, 0.15) is 5.82 Å². The number of rotatable bonds is 3. The minimum Gasteiger partial charge on any atom is -0.381 e. The standard InChI is InChI=1S/C19H27N3/c1-14(2)21-18-13-20-19(22-10-6-4-5-7-11-22)16-9-8-15(3)12-17(16)18/h8-9,12-14,21H,4-7,10-11H2,1-3H3. The molecule has 1 aliphatic rings. The van der Waals surface area contributed by atoms with Crippen LogP contribution >= 0.6 is 0 Å². The zero-order valence-electron chi connectivity index (χ0n) is 14.0. The van der Waals surface area contributed by atoms with Gasteiger partial charge < -0.3 is 10.2 Å². The normalized spacial score (nSPS) is 16.1. The molecule has 118 valence electrons. The molecule has 3 rings (SSSR count). The maximum atomic E-state index is 4.82. The van der Waals surface area contributed by atoms with Crippen LogP contribution in [0.1, 0.15) is 45.1 Å². The SMILES string of the molecule is Cc1ccc2c(N3CCCCCC3)ncc(NC(C)C)c2c1. The Bertz CT molecular complexity index is 640. The molecule has 0 spiro atoms. The Hall–Kier alpha value is -1.77. The second-order valence-corrected chi connectivity index (χ2v) is 6.74. The molecule has 22 heavy (non-hydrogen) atoms. The highest BCUT2D eigenvalue weighted by Crippen LogP contribution is 2.32. The van der Waals surface area contributed by atoms with Crippen LogP contribution in [0, 0.1) is 6.92 Å². The molecule has 1 aliphatic heterocycles. The van der Waals surface area contributed by atoms with E-state index in [1.807, 2.05) is 6.20 Å². The van der Waals surface area contributed by atoms with Crippen molar-refractivity contribution in [1.82, 2.24) is 4.98 Å². The summed E-state index contributed by atoms with van der Waals surface area (Å²) in [6, 6.07) is 7.13. The average Bonchev–Trinajstić information content (AvgIpc) is 2.76. The Morgan fingerprint density at radius 1 is 1.05 bits per heavy atom. The molecule has 1 saturated heterocycles. The number of benzene rings is 1. The molecule has 2 heterocycles. The van der Waals surface area contributed by atoms with Gasteiger partial charge in [0.2, 0.25) is 0 Å². The van der Waals surface area contributed by atoms with E-state index in [2.05, 4.69) is 49.2 Å². The van der Waals surface area contributed by atoms with Crippen molar-refractivity contribution in [3.05, 3.63) is 30.0 Å². The summed E-state index contributed by atoms with van der Waals surface area (Å²) in [6.45, 7) is 8.76. The zero-order chi connectivity index (χ0) is 15.5. The maximum absolute atomic E-state index is 4.82. The number of pyridine rings is 1. The first kappa shape index (κ1) is 15.1. The van der Waals surface area contributed by atoms with E-state index in [9.17, 15) is 0 Å². The molecule has 0 bridgehead atoms. The van der Waals surface area contributed by atoms with Gasteiger partial charge in [-0.15, -0.1) is 0 Å². The van der Waals surface area contributed by atoms with Crippen molar-refractivity contribution in [3.8, 4) is 0 Å². The Balaban J connectivity index is 2.07. The van der Waals surface area contributed by atoms with E-state index in [-0.39, 0.29) is 0 Å². The van der Waals surface area contributed by atoms with Gasteiger partial charge in [0.25, 0.3) is 0 Å². The van der Waals surface area contributed by atoms with Crippen molar-refractivity contribution < 1.29 is 0 Å². The summed E-state index contributed by atoms with van der Waals surface area (Å²) in [5.74, 6) is 1.16. The molecule has 3 nitrogen and oxygen atoms in total. The highest BCUT2D eigenvalue weighted by Gasteiger charge is 2.16. The summed E-state index contributed by atoms with van der Waals surface area (Å²) in [6.07, 6.45) is 7.27. The van der Waals surface area contributed by atoms with Crippen LogP contribution in [0.3, 0.4) is 0 Å². The van der Waals surface area contributed by atoms with E-state index in [1.165, 1.54) is 42.0 Å². The molecule has 2 aromatic rings. The number of hydrogen-bond donors (Lipinski definition) is 1. The molecule has 0 unspecified atom stereocenters. The van der Waals surface area contributed by atoms with Gasteiger partial charge in [0.15, 0.2) is 0 Å². The summed E-state index contributed by atoms with van der Waals surface area (Å²) in [4.78, 5) is 7.29.